The molecule has 0 atom stereocenters. The van der Waals surface area contributed by atoms with Gasteiger partial charge in [0.2, 0.25) is 0 Å². The van der Waals surface area contributed by atoms with Crippen molar-refractivity contribution < 1.29 is 9.53 Å². The van der Waals surface area contributed by atoms with Crippen molar-refractivity contribution in [1.82, 2.24) is 4.90 Å². The summed E-state index contributed by atoms with van der Waals surface area (Å²) < 4.78 is 6.25. The highest BCUT2D eigenvalue weighted by Crippen LogP contribution is 2.38. The lowest BCUT2D eigenvalue weighted by molar-refractivity contribution is -0.0159. The molecule has 0 bridgehead atoms. The van der Waals surface area contributed by atoms with E-state index in [2.05, 4.69) is 29.4 Å². The van der Waals surface area contributed by atoms with Crippen LogP contribution in [-0.2, 0) is 4.74 Å². The fourth-order valence-electron chi connectivity index (χ4n) is 1.92. The number of hydrogen-bond donors (Lipinski definition) is 0. The molecular formula is C13H22BrNO2. The number of nitrogens with zero attached hydrogens (tertiary/aromatic N) is 1. The highest BCUT2D eigenvalue weighted by atomic mass is 79.9. The Morgan fingerprint density at radius 2 is 2.00 bits per heavy atom. The average molecular weight is 304 g/mol. The second kappa shape index (κ2) is 5.01. The third-order valence-electron chi connectivity index (χ3n) is 3.03. The van der Waals surface area contributed by atoms with Crippen molar-refractivity contribution in [3.63, 3.8) is 0 Å². The van der Waals surface area contributed by atoms with Gasteiger partial charge in [-0.25, -0.2) is 4.79 Å². The predicted molar refractivity (Wildman–Crippen MR) is 73.3 cm³/mol. The summed E-state index contributed by atoms with van der Waals surface area (Å²) in [5.74, 6) is 0. The molecule has 1 fully saturated rings. The Labute approximate surface area is 112 Å². The topological polar surface area (TPSA) is 29.5 Å². The smallest absolute Gasteiger partial charge is 0.411 e. The van der Waals surface area contributed by atoms with Gasteiger partial charge in [0.1, 0.15) is 5.60 Å². The van der Waals surface area contributed by atoms with E-state index in [0.717, 1.165) is 17.3 Å². The van der Waals surface area contributed by atoms with E-state index < -0.39 is 5.60 Å². The van der Waals surface area contributed by atoms with Gasteiger partial charge in [-0.15, -0.1) is 0 Å². The van der Waals surface area contributed by atoms with E-state index in [-0.39, 0.29) is 11.6 Å². The van der Waals surface area contributed by atoms with E-state index in [1.54, 1.807) is 4.90 Å². The maximum atomic E-state index is 12.2. The zero-order valence-electron chi connectivity index (χ0n) is 11.2. The second-order valence-electron chi connectivity index (χ2n) is 5.93. The third kappa shape index (κ3) is 4.02. The molecule has 1 saturated carbocycles. The lowest BCUT2D eigenvalue weighted by Crippen LogP contribution is -2.55. The molecule has 1 aliphatic carbocycles. The van der Waals surface area contributed by atoms with Crippen molar-refractivity contribution in [2.45, 2.75) is 58.1 Å². The summed E-state index contributed by atoms with van der Waals surface area (Å²) in [6.45, 7) is 12.1. The Morgan fingerprint density at radius 1 is 1.47 bits per heavy atom. The van der Waals surface area contributed by atoms with Gasteiger partial charge >= 0.3 is 6.09 Å². The number of carbonyl (C=O) groups is 1. The molecule has 0 N–H and O–H groups in total. The summed E-state index contributed by atoms with van der Waals surface area (Å²) in [7, 11) is 0. The summed E-state index contributed by atoms with van der Waals surface area (Å²) in [5.41, 5.74) is -0.526. The van der Waals surface area contributed by atoms with E-state index in [1.165, 1.54) is 6.42 Å². The Kier molecular flexibility index (Phi) is 4.28. The molecule has 1 aliphatic rings. The highest BCUT2D eigenvalue weighted by molar-refractivity contribution is 9.11. The molecule has 4 heteroatoms. The number of hydrogen-bond acceptors (Lipinski definition) is 2. The van der Waals surface area contributed by atoms with Gasteiger partial charge in [-0.3, -0.25) is 4.90 Å². The molecule has 1 rings (SSSR count). The first-order chi connectivity index (χ1) is 7.64. The van der Waals surface area contributed by atoms with E-state index in [9.17, 15) is 4.79 Å². The van der Waals surface area contributed by atoms with Crippen LogP contribution in [-0.4, -0.2) is 28.7 Å². The molecule has 0 heterocycles. The number of amides is 1. The maximum Gasteiger partial charge on any atom is 0.411 e. The summed E-state index contributed by atoms with van der Waals surface area (Å²) in [5, 5.41) is 0. The minimum absolute atomic E-state index is 0.0704. The van der Waals surface area contributed by atoms with Crippen LogP contribution in [0.25, 0.3) is 0 Å². The van der Waals surface area contributed by atoms with E-state index in [1.807, 2.05) is 20.8 Å². The SMILES string of the molecule is C=C(Br)CN(C(=O)OC(C)(C)C)C1(C)CCC1. The minimum Gasteiger partial charge on any atom is -0.444 e. The molecule has 0 aromatic heterocycles. The molecule has 0 saturated heterocycles. The lowest BCUT2D eigenvalue weighted by atomic mass is 9.77. The van der Waals surface area contributed by atoms with Gasteiger partial charge in [0.15, 0.2) is 0 Å². The van der Waals surface area contributed by atoms with Gasteiger partial charge in [0.25, 0.3) is 0 Å². The highest BCUT2D eigenvalue weighted by Gasteiger charge is 2.42. The molecular weight excluding hydrogens is 282 g/mol. The van der Waals surface area contributed by atoms with Crippen LogP contribution < -0.4 is 0 Å². The van der Waals surface area contributed by atoms with Gasteiger partial charge in [0.05, 0.1) is 6.54 Å². The standard InChI is InChI=1S/C13H22BrNO2/c1-10(14)9-15(13(5)7-6-8-13)11(16)17-12(2,3)4/h1,6-9H2,2-5H3. The Balaban J connectivity index is 2.76. The molecule has 17 heavy (non-hydrogen) atoms. The van der Waals surface area contributed by atoms with Gasteiger partial charge in [0, 0.05) is 10.0 Å². The molecule has 1 amide bonds. The van der Waals surface area contributed by atoms with Crippen molar-refractivity contribution in [1.29, 1.82) is 0 Å². The summed E-state index contributed by atoms with van der Waals surface area (Å²) in [4.78, 5) is 14.0. The van der Waals surface area contributed by atoms with Gasteiger partial charge < -0.3 is 4.74 Å². The van der Waals surface area contributed by atoms with Gasteiger partial charge in [-0.05, 0) is 47.0 Å². The molecule has 0 spiro atoms. The quantitative estimate of drug-likeness (QED) is 0.786. The van der Waals surface area contributed by atoms with Crippen LogP contribution in [0.2, 0.25) is 0 Å². The molecule has 0 radical (unpaired) electrons. The van der Waals surface area contributed by atoms with Crippen LogP contribution in [0, 0.1) is 0 Å². The maximum absolute atomic E-state index is 12.2. The van der Waals surface area contributed by atoms with Crippen LogP contribution in [0.5, 0.6) is 0 Å². The minimum atomic E-state index is -0.455. The number of carbonyl (C=O) groups excluding carboxylic acids is 1. The number of ether oxygens (including phenoxy) is 1. The van der Waals surface area contributed by atoms with Crippen molar-refractivity contribution in [2.75, 3.05) is 6.54 Å². The molecule has 0 aliphatic heterocycles. The monoisotopic (exact) mass is 303 g/mol. The molecule has 0 aromatic rings. The summed E-state index contributed by atoms with van der Waals surface area (Å²) >= 11 is 3.32. The molecule has 0 aromatic carbocycles. The van der Waals surface area contributed by atoms with Crippen molar-refractivity contribution in [3.8, 4) is 0 Å². The molecule has 3 nitrogen and oxygen atoms in total. The van der Waals surface area contributed by atoms with Crippen molar-refractivity contribution in [3.05, 3.63) is 11.1 Å². The normalized spacial score (nSPS) is 18.2. The Morgan fingerprint density at radius 3 is 2.29 bits per heavy atom. The van der Waals surface area contributed by atoms with E-state index >= 15 is 0 Å². The first-order valence-electron chi connectivity index (χ1n) is 5.98. The second-order valence-corrected chi connectivity index (χ2v) is 7.06. The summed E-state index contributed by atoms with van der Waals surface area (Å²) in [6.07, 6.45) is 2.99. The van der Waals surface area contributed by atoms with Crippen LogP contribution in [0.15, 0.2) is 11.1 Å². The molecule has 0 unspecified atom stereocenters. The number of halogens is 1. The predicted octanol–water partition coefficient (Wildman–Crippen LogP) is 4.07. The Bertz CT molecular complexity index is 316. The zero-order chi connectivity index (χ0) is 13.3. The van der Waals surface area contributed by atoms with Crippen LogP contribution in [0.4, 0.5) is 4.79 Å². The lowest BCUT2D eigenvalue weighted by Gasteiger charge is -2.47. The fourth-order valence-corrected chi connectivity index (χ4v) is 2.17. The zero-order valence-corrected chi connectivity index (χ0v) is 12.8. The van der Waals surface area contributed by atoms with Gasteiger partial charge in [-0.1, -0.05) is 22.5 Å². The average Bonchev–Trinajstić information content (AvgIpc) is 2.07. The first kappa shape index (κ1) is 14.6. The Hall–Kier alpha value is -0.510. The fraction of sp³-hybridized carbons (Fsp3) is 0.769. The van der Waals surface area contributed by atoms with Crippen LogP contribution >= 0.6 is 15.9 Å². The third-order valence-corrected chi connectivity index (χ3v) is 3.28. The van der Waals surface area contributed by atoms with E-state index in [0.29, 0.717) is 6.54 Å². The molecule has 98 valence electrons. The van der Waals surface area contributed by atoms with Crippen molar-refractivity contribution in [2.24, 2.45) is 0 Å². The first-order valence-corrected chi connectivity index (χ1v) is 6.77. The number of rotatable bonds is 3. The van der Waals surface area contributed by atoms with Crippen molar-refractivity contribution >= 4 is 22.0 Å². The van der Waals surface area contributed by atoms with Gasteiger partial charge in [-0.2, -0.15) is 0 Å². The van der Waals surface area contributed by atoms with Crippen LogP contribution in [0.3, 0.4) is 0 Å². The largest absolute Gasteiger partial charge is 0.444 e. The van der Waals surface area contributed by atoms with Crippen LogP contribution in [0.1, 0.15) is 47.0 Å². The van der Waals surface area contributed by atoms with E-state index in [4.69, 9.17) is 4.74 Å². The summed E-state index contributed by atoms with van der Waals surface area (Å²) in [6, 6.07) is 0.